The van der Waals surface area contributed by atoms with E-state index in [0.717, 1.165) is 51.6 Å². The predicted molar refractivity (Wildman–Crippen MR) is 194 cm³/mol. The molecule has 2 aromatic heterocycles. The van der Waals surface area contributed by atoms with Crippen LogP contribution >= 0.6 is 0 Å². The molecular formula is C44H29NO2. The van der Waals surface area contributed by atoms with Gasteiger partial charge in [-0.25, -0.2) is 0 Å². The molecular weight excluding hydrogens is 574 g/mol. The number of nitrogens with zero attached hydrogens (tertiary/aromatic N) is 1. The standard InChI is InChI=1S/C44H29NO2/c1-2-9-33(10-3-1)45-26-31-18-17-30(35-13-8-16-43-44(35)37-12-5-7-15-41(37)47-43)25-38(31)34-21-19-28(23-32(34)27-45)29-20-22-42-39(24-29)36-11-4-6-14-40(36)46-42/h1-25H,26-27H2. The SMILES string of the molecule is c1ccc(N2Cc3cc(-c4ccc5oc6ccccc6c5c4)ccc3-c3cc(-c4cccc5oc6ccccc6c45)ccc3C2)cc1. The van der Waals surface area contributed by atoms with Crippen LogP contribution in [0.3, 0.4) is 0 Å². The average molecular weight is 604 g/mol. The molecule has 9 aromatic rings. The van der Waals surface area contributed by atoms with Gasteiger partial charge >= 0.3 is 0 Å². The molecule has 0 amide bonds. The Morgan fingerprint density at radius 3 is 1.94 bits per heavy atom. The molecule has 0 atom stereocenters. The minimum Gasteiger partial charge on any atom is -0.456 e. The highest BCUT2D eigenvalue weighted by Gasteiger charge is 2.22. The number of rotatable bonds is 3. The molecule has 0 fully saturated rings. The lowest BCUT2D eigenvalue weighted by molar-refractivity contribution is 0.668. The first-order valence-corrected chi connectivity index (χ1v) is 16.2. The molecule has 222 valence electrons. The Bertz CT molecular complexity index is 2640. The zero-order chi connectivity index (χ0) is 30.9. The third-order valence-corrected chi connectivity index (χ3v) is 9.77. The van der Waals surface area contributed by atoms with E-state index < -0.39 is 0 Å². The normalized spacial score (nSPS) is 12.9. The minimum absolute atomic E-state index is 0.816. The summed E-state index contributed by atoms with van der Waals surface area (Å²) in [5.74, 6) is 0. The van der Waals surface area contributed by atoms with Gasteiger partial charge in [-0.15, -0.1) is 0 Å². The van der Waals surface area contributed by atoms with Crippen molar-refractivity contribution in [2.45, 2.75) is 13.1 Å². The van der Waals surface area contributed by atoms with Gasteiger partial charge < -0.3 is 13.7 Å². The van der Waals surface area contributed by atoms with E-state index in [2.05, 4.69) is 138 Å². The van der Waals surface area contributed by atoms with E-state index in [1.54, 1.807) is 0 Å². The maximum atomic E-state index is 6.25. The first kappa shape index (κ1) is 26.2. The molecule has 3 heterocycles. The van der Waals surface area contributed by atoms with Crippen molar-refractivity contribution >= 4 is 49.6 Å². The molecule has 0 radical (unpaired) electrons. The Kier molecular flexibility index (Phi) is 5.70. The fraction of sp³-hybridized carbons (Fsp3) is 0.0455. The van der Waals surface area contributed by atoms with E-state index in [9.17, 15) is 0 Å². The van der Waals surface area contributed by atoms with Gasteiger partial charge in [0.2, 0.25) is 0 Å². The van der Waals surface area contributed by atoms with Crippen LogP contribution in [0.5, 0.6) is 0 Å². The molecule has 0 spiro atoms. The lowest BCUT2D eigenvalue weighted by atomic mass is 9.90. The molecule has 0 N–H and O–H groups in total. The summed E-state index contributed by atoms with van der Waals surface area (Å²) in [4.78, 5) is 2.49. The zero-order valence-electron chi connectivity index (χ0n) is 25.6. The third kappa shape index (κ3) is 4.20. The van der Waals surface area contributed by atoms with Crippen LogP contribution in [0.2, 0.25) is 0 Å². The number of hydrogen-bond acceptors (Lipinski definition) is 3. The quantitative estimate of drug-likeness (QED) is 0.201. The largest absolute Gasteiger partial charge is 0.456 e. The van der Waals surface area contributed by atoms with Gasteiger partial charge in [0, 0.05) is 40.3 Å². The second-order valence-corrected chi connectivity index (χ2v) is 12.5. The Morgan fingerprint density at radius 2 is 1.04 bits per heavy atom. The van der Waals surface area contributed by atoms with E-state index in [1.807, 2.05) is 18.2 Å². The van der Waals surface area contributed by atoms with Gasteiger partial charge in [-0.2, -0.15) is 0 Å². The predicted octanol–water partition coefficient (Wildman–Crippen LogP) is 12.0. The molecule has 0 saturated carbocycles. The van der Waals surface area contributed by atoms with Gasteiger partial charge in [0.1, 0.15) is 22.3 Å². The van der Waals surface area contributed by atoms with Crippen LogP contribution in [0, 0.1) is 0 Å². The lowest BCUT2D eigenvalue weighted by Gasteiger charge is -2.24. The Hall–Kier alpha value is -6.06. The second kappa shape index (κ2) is 10.2. The van der Waals surface area contributed by atoms with Crippen molar-refractivity contribution in [1.29, 1.82) is 0 Å². The van der Waals surface area contributed by atoms with Crippen molar-refractivity contribution in [2.75, 3.05) is 4.90 Å². The number of anilines is 1. The maximum absolute atomic E-state index is 6.25. The third-order valence-electron chi connectivity index (χ3n) is 9.77. The molecule has 0 saturated heterocycles. The molecule has 0 aliphatic carbocycles. The monoisotopic (exact) mass is 603 g/mol. The highest BCUT2D eigenvalue weighted by molar-refractivity contribution is 6.12. The van der Waals surface area contributed by atoms with Gasteiger partial charge in [0.05, 0.1) is 0 Å². The number of benzene rings is 7. The lowest BCUT2D eigenvalue weighted by Crippen LogP contribution is -2.20. The summed E-state index contributed by atoms with van der Waals surface area (Å²) in [7, 11) is 0. The summed E-state index contributed by atoms with van der Waals surface area (Å²) in [6.45, 7) is 1.64. The Morgan fingerprint density at radius 1 is 0.383 bits per heavy atom. The van der Waals surface area contributed by atoms with Gasteiger partial charge in [0.25, 0.3) is 0 Å². The molecule has 1 aliphatic rings. The average Bonchev–Trinajstić information content (AvgIpc) is 3.65. The van der Waals surface area contributed by atoms with Crippen molar-refractivity contribution in [2.24, 2.45) is 0 Å². The first-order valence-electron chi connectivity index (χ1n) is 16.2. The van der Waals surface area contributed by atoms with E-state index in [-0.39, 0.29) is 0 Å². The molecule has 7 aromatic carbocycles. The second-order valence-electron chi connectivity index (χ2n) is 12.5. The highest BCUT2D eigenvalue weighted by atomic mass is 16.3. The smallest absolute Gasteiger partial charge is 0.136 e. The van der Waals surface area contributed by atoms with Crippen LogP contribution < -0.4 is 4.90 Å². The van der Waals surface area contributed by atoms with Gasteiger partial charge in [0.15, 0.2) is 0 Å². The Balaban J connectivity index is 1.15. The summed E-state index contributed by atoms with van der Waals surface area (Å²) in [5, 5.41) is 4.61. The zero-order valence-corrected chi connectivity index (χ0v) is 25.6. The molecule has 3 nitrogen and oxygen atoms in total. The van der Waals surface area contributed by atoms with Crippen molar-refractivity contribution < 1.29 is 8.83 Å². The molecule has 3 heteroatoms. The van der Waals surface area contributed by atoms with Gasteiger partial charge in [-0.1, -0.05) is 97.1 Å². The Labute approximate surface area is 271 Å². The number of fused-ring (bicyclic) bond motifs is 9. The first-order chi connectivity index (χ1) is 23.3. The van der Waals surface area contributed by atoms with Crippen molar-refractivity contribution in [3.63, 3.8) is 0 Å². The molecule has 10 rings (SSSR count). The minimum atomic E-state index is 0.816. The number of hydrogen-bond donors (Lipinski definition) is 0. The number of furan rings is 2. The van der Waals surface area contributed by atoms with E-state index in [4.69, 9.17) is 8.83 Å². The molecule has 47 heavy (non-hydrogen) atoms. The summed E-state index contributed by atoms with van der Waals surface area (Å²) in [6.07, 6.45) is 0. The summed E-state index contributed by atoms with van der Waals surface area (Å²) < 4.78 is 12.4. The summed E-state index contributed by atoms with van der Waals surface area (Å²) >= 11 is 0. The number of para-hydroxylation sites is 3. The maximum Gasteiger partial charge on any atom is 0.136 e. The van der Waals surface area contributed by atoms with E-state index in [0.29, 0.717) is 0 Å². The van der Waals surface area contributed by atoms with E-state index in [1.165, 1.54) is 55.6 Å². The summed E-state index contributed by atoms with van der Waals surface area (Å²) in [5.41, 5.74) is 14.9. The fourth-order valence-electron chi connectivity index (χ4n) is 7.51. The van der Waals surface area contributed by atoms with Crippen molar-refractivity contribution in [1.82, 2.24) is 0 Å². The summed E-state index contributed by atoms with van der Waals surface area (Å²) in [6, 6.07) is 54.3. The van der Waals surface area contributed by atoms with Crippen LogP contribution in [0.15, 0.2) is 160 Å². The van der Waals surface area contributed by atoms with Crippen LogP contribution in [0.25, 0.3) is 77.3 Å². The van der Waals surface area contributed by atoms with Crippen molar-refractivity contribution in [3.8, 4) is 33.4 Å². The highest BCUT2D eigenvalue weighted by Crippen LogP contribution is 2.42. The van der Waals surface area contributed by atoms with Crippen LogP contribution in [0.1, 0.15) is 11.1 Å². The van der Waals surface area contributed by atoms with Crippen LogP contribution in [-0.2, 0) is 13.1 Å². The van der Waals surface area contributed by atoms with Crippen LogP contribution in [0.4, 0.5) is 5.69 Å². The molecule has 0 unspecified atom stereocenters. The van der Waals surface area contributed by atoms with Gasteiger partial charge in [-0.05, 0) is 99.1 Å². The van der Waals surface area contributed by atoms with Gasteiger partial charge in [-0.3, -0.25) is 0 Å². The molecule has 1 aliphatic heterocycles. The van der Waals surface area contributed by atoms with E-state index >= 15 is 0 Å². The molecule has 0 bridgehead atoms. The van der Waals surface area contributed by atoms with Crippen molar-refractivity contribution in [3.05, 3.63) is 163 Å². The fourth-order valence-corrected chi connectivity index (χ4v) is 7.51. The topological polar surface area (TPSA) is 29.5 Å². The van der Waals surface area contributed by atoms with Crippen LogP contribution in [-0.4, -0.2) is 0 Å².